The van der Waals surface area contributed by atoms with Gasteiger partial charge < -0.3 is 4.52 Å². The summed E-state index contributed by atoms with van der Waals surface area (Å²) in [6.07, 6.45) is 2.27. The topological polar surface area (TPSA) is 55.1 Å². The van der Waals surface area contributed by atoms with Crippen LogP contribution in [-0.4, -0.2) is 33.1 Å². The quantitative estimate of drug-likeness (QED) is 0.729. The van der Waals surface area contributed by atoms with E-state index in [0.29, 0.717) is 11.7 Å². The molecule has 0 unspecified atom stereocenters. The second kappa shape index (κ2) is 6.02. The maximum absolute atomic E-state index is 5.32. The molecule has 3 heterocycles. The molecule has 6 heteroatoms. The lowest BCUT2D eigenvalue weighted by Crippen LogP contribution is -2.35. The van der Waals surface area contributed by atoms with Crippen molar-refractivity contribution in [2.75, 3.05) is 13.1 Å². The average molecular weight is 328 g/mol. The zero-order valence-corrected chi connectivity index (χ0v) is 14.2. The Morgan fingerprint density at radius 3 is 2.70 bits per heavy atom. The lowest BCUT2D eigenvalue weighted by molar-refractivity contribution is 0.136. The highest BCUT2D eigenvalue weighted by atomic mass is 32.1. The van der Waals surface area contributed by atoms with E-state index in [1.807, 2.05) is 18.3 Å². The predicted octanol–water partition coefficient (Wildman–Crippen LogP) is 3.93. The summed E-state index contributed by atoms with van der Waals surface area (Å²) in [7, 11) is 0. The number of rotatable bonds is 3. The van der Waals surface area contributed by atoms with E-state index in [4.69, 9.17) is 9.51 Å². The van der Waals surface area contributed by atoms with Crippen molar-refractivity contribution in [3.63, 3.8) is 0 Å². The molecule has 0 bridgehead atoms. The Labute approximate surface area is 139 Å². The number of likely N-dealkylation sites (tertiary alicyclic amines) is 1. The van der Waals surface area contributed by atoms with E-state index >= 15 is 0 Å². The van der Waals surface area contributed by atoms with Crippen LogP contribution in [0.5, 0.6) is 0 Å². The maximum Gasteiger partial charge on any atom is 0.243 e. The summed E-state index contributed by atoms with van der Waals surface area (Å²) >= 11 is 1.84. The molecule has 120 valence electrons. The molecule has 5 nitrogen and oxygen atoms in total. The Bertz CT molecular complexity index is 771. The van der Waals surface area contributed by atoms with Crippen molar-refractivity contribution in [1.82, 2.24) is 20.0 Å². The Balaban J connectivity index is 1.44. The minimum Gasteiger partial charge on any atom is -0.338 e. The van der Waals surface area contributed by atoms with Gasteiger partial charge in [-0.25, -0.2) is 4.98 Å². The number of benzene rings is 1. The van der Waals surface area contributed by atoms with Gasteiger partial charge in [0.25, 0.3) is 0 Å². The van der Waals surface area contributed by atoms with Crippen LogP contribution in [0.25, 0.3) is 10.2 Å². The van der Waals surface area contributed by atoms with Crippen molar-refractivity contribution < 1.29 is 4.52 Å². The molecule has 1 aliphatic rings. The van der Waals surface area contributed by atoms with E-state index in [1.54, 1.807) is 0 Å². The van der Waals surface area contributed by atoms with Gasteiger partial charge in [-0.1, -0.05) is 17.3 Å². The molecule has 23 heavy (non-hydrogen) atoms. The van der Waals surface area contributed by atoms with Gasteiger partial charge in [0.1, 0.15) is 0 Å². The molecule has 0 aliphatic carbocycles. The fraction of sp³-hybridized carbons (Fsp3) is 0.471. The normalized spacial score (nSPS) is 18.5. The third kappa shape index (κ3) is 2.88. The average Bonchev–Trinajstić information content (AvgIpc) is 3.20. The van der Waals surface area contributed by atoms with Crippen LogP contribution in [0.4, 0.5) is 0 Å². The number of aryl methyl sites for hydroxylation is 1. The Morgan fingerprint density at radius 1 is 1.22 bits per heavy atom. The fourth-order valence-corrected chi connectivity index (χ4v) is 4.37. The van der Waals surface area contributed by atoms with Crippen LogP contribution < -0.4 is 0 Å². The number of thiazole rings is 1. The highest BCUT2D eigenvalue weighted by Crippen LogP contribution is 2.35. The number of aromatic nitrogens is 3. The van der Waals surface area contributed by atoms with Crippen LogP contribution in [0.1, 0.15) is 48.4 Å². The zero-order valence-electron chi connectivity index (χ0n) is 13.4. The van der Waals surface area contributed by atoms with E-state index in [-0.39, 0.29) is 6.04 Å². The third-order valence-corrected chi connectivity index (χ3v) is 5.84. The smallest absolute Gasteiger partial charge is 0.243 e. The van der Waals surface area contributed by atoms with Crippen molar-refractivity contribution in [3.8, 4) is 0 Å². The van der Waals surface area contributed by atoms with Gasteiger partial charge in [-0.3, -0.25) is 4.90 Å². The molecule has 4 rings (SSSR count). The van der Waals surface area contributed by atoms with Crippen LogP contribution in [0.3, 0.4) is 0 Å². The second-order valence-corrected chi connectivity index (χ2v) is 7.25. The van der Waals surface area contributed by atoms with Crippen LogP contribution >= 0.6 is 11.3 Å². The summed E-state index contributed by atoms with van der Waals surface area (Å²) in [5.41, 5.74) is 1.13. The lowest BCUT2D eigenvalue weighted by Gasteiger charge is -2.33. The lowest BCUT2D eigenvalue weighted by atomic mass is 9.96. The summed E-state index contributed by atoms with van der Waals surface area (Å²) in [6.45, 7) is 6.09. The summed E-state index contributed by atoms with van der Waals surface area (Å²) in [5.74, 6) is 2.00. The second-order valence-electron chi connectivity index (χ2n) is 6.19. The number of nitrogens with zero attached hydrogens (tertiary/aromatic N) is 4. The SMILES string of the molecule is Cc1noc([C@H](C)N2CCC(c3nc4ccccc4s3)CC2)n1. The van der Waals surface area contributed by atoms with Gasteiger partial charge in [0.15, 0.2) is 5.82 Å². The van der Waals surface area contributed by atoms with Gasteiger partial charge in [0.2, 0.25) is 5.89 Å². The summed E-state index contributed by atoms with van der Waals surface area (Å²) in [4.78, 5) is 11.6. The first kappa shape index (κ1) is 14.8. The van der Waals surface area contributed by atoms with E-state index in [0.717, 1.165) is 37.3 Å². The highest BCUT2D eigenvalue weighted by Gasteiger charge is 2.28. The summed E-state index contributed by atoms with van der Waals surface area (Å²) in [5, 5.41) is 5.18. The van der Waals surface area contributed by atoms with E-state index in [1.165, 1.54) is 9.71 Å². The molecule has 1 atom stereocenters. The molecule has 0 N–H and O–H groups in total. The Hall–Kier alpha value is -1.79. The molecular formula is C17H20N4OS. The maximum atomic E-state index is 5.32. The molecular weight excluding hydrogens is 308 g/mol. The first-order chi connectivity index (χ1) is 11.2. The molecule has 1 aromatic carbocycles. The van der Waals surface area contributed by atoms with Crippen LogP contribution in [0, 0.1) is 6.92 Å². The van der Waals surface area contributed by atoms with Crippen LogP contribution in [0.15, 0.2) is 28.8 Å². The number of hydrogen-bond acceptors (Lipinski definition) is 6. The van der Waals surface area contributed by atoms with Gasteiger partial charge >= 0.3 is 0 Å². The third-order valence-electron chi connectivity index (χ3n) is 4.64. The molecule has 1 saturated heterocycles. The summed E-state index contributed by atoms with van der Waals surface area (Å²) < 4.78 is 6.61. The van der Waals surface area contributed by atoms with Gasteiger partial charge in [0, 0.05) is 5.92 Å². The van der Waals surface area contributed by atoms with E-state index in [2.05, 4.69) is 46.2 Å². The number of para-hydroxylation sites is 1. The van der Waals surface area contributed by atoms with Gasteiger partial charge in [-0.2, -0.15) is 4.98 Å². The monoisotopic (exact) mass is 328 g/mol. The molecule has 0 spiro atoms. The fourth-order valence-electron chi connectivity index (χ4n) is 3.24. The number of hydrogen-bond donors (Lipinski definition) is 0. The number of piperidine rings is 1. The molecule has 0 amide bonds. The van der Waals surface area contributed by atoms with Crippen molar-refractivity contribution >= 4 is 21.6 Å². The van der Waals surface area contributed by atoms with Crippen LogP contribution in [-0.2, 0) is 0 Å². The van der Waals surface area contributed by atoms with Crippen molar-refractivity contribution in [1.29, 1.82) is 0 Å². The first-order valence-corrected chi connectivity index (χ1v) is 8.92. The Morgan fingerprint density at radius 2 is 2.00 bits per heavy atom. The van der Waals surface area contributed by atoms with Gasteiger partial charge in [-0.15, -0.1) is 11.3 Å². The highest BCUT2D eigenvalue weighted by molar-refractivity contribution is 7.18. The minimum absolute atomic E-state index is 0.188. The van der Waals surface area contributed by atoms with Crippen molar-refractivity contribution in [3.05, 3.63) is 41.0 Å². The van der Waals surface area contributed by atoms with Gasteiger partial charge in [-0.05, 0) is 51.9 Å². The number of fused-ring (bicyclic) bond motifs is 1. The molecule has 1 fully saturated rings. The predicted molar refractivity (Wildman–Crippen MR) is 90.6 cm³/mol. The first-order valence-electron chi connectivity index (χ1n) is 8.10. The Kier molecular flexibility index (Phi) is 3.87. The molecule has 3 aromatic rings. The molecule has 1 aliphatic heterocycles. The van der Waals surface area contributed by atoms with E-state index < -0.39 is 0 Å². The molecule has 2 aromatic heterocycles. The van der Waals surface area contributed by atoms with E-state index in [9.17, 15) is 0 Å². The standard InChI is InChI=1S/C17H20N4OS/c1-11(16-18-12(2)20-22-16)21-9-7-13(8-10-21)17-19-14-5-3-4-6-15(14)23-17/h3-6,11,13H,7-10H2,1-2H3/t11-/m0/s1. The van der Waals surface area contributed by atoms with Crippen molar-refractivity contribution in [2.45, 2.75) is 38.6 Å². The molecule has 0 radical (unpaired) electrons. The molecule has 0 saturated carbocycles. The zero-order chi connectivity index (χ0) is 15.8. The summed E-state index contributed by atoms with van der Waals surface area (Å²) in [6, 6.07) is 8.59. The van der Waals surface area contributed by atoms with Crippen LogP contribution in [0.2, 0.25) is 0 Å². The van der Waals surface area contributed by atoms with Gasteiger partial charge in [0.05, 0.1) is 21.3 Å². The van der Waals surface area contributed by atoms with Crippen molar-refractivity contribution in [2.24, 2.45) is 0 Å². The largest absolute Gasteiger partial charge is 0.338 e. The minimum atomic E-state index is 0.188.